The topological polar surface area (TPSA) is 68.9 Å². The lowest BCUT2D eigenvalue weighted by Gasteiger charge is -2.04. The van der Waals surface area contributed by atoms with Crippen molar-refractivity contribution in [3.63, 3.8) is 0 Å². The average molecular weight is 340 g/mol. The van der Waals surface area contributed by atoms with E-state index in [9.17, 15) is 10.1 Å². The number of hydrogen-bond donors (Lipinski definition) is 0. The summed E-state index contributed by atoms with van der Waals surface area (Å²) in [5.74, 6) is 0. The molecule has 2 rings (SSSR count). The van der Waals surface area contributed by atoms with Crippen LogP contribution in [0.5, 0.6) is 0 Å². The Kier molecular flexibility index (Phi) is 4.16. The van der Waals surface area contributed by atoms with Crippen LogP contribution in [0, 0.1) is 24.0 Å². The first-order chi connectivity index (χ1) is 8.95. The highest BCUT2D eigenvalue weighted by Crippen LogP contribution is 2.34. The highest BCUT2D eigenvalue weighted by molar-refractivity contribution is 9.10. The second-order valence-corrected chi connectivity index (χ2v) is 5.83. The van der Waals surface area contributed by atoms with Crippen LogP contribution in [0.4, 0.5) is 5.69 Å². The Morgan fingerprint density at radius 2 is 1.84 bits per heavy atom. The molecule has 0 N–H and O–H groups in total. The van der Waals surface area contributed by atoms with Crippen molar-refractivity contribution in [2.45, 2.75) is 23.9 Å². The molecule has 0 bridgehead atoms. The summed E-state index contributed by atoms with van der Waals surface area (Å²) in [6.45, 7) is 3.74. The summed E-state index contributed by atoms with van der Waals surface area (Å²) < 4.78 is 0.671. The predicted molar refractivity (Wildman–Crippen MR) is 76.4 cm³/mol. The van der Waals surface area contributed by atoms with Crippen molar-refractivity contribution in [1.29, 1.82) is 0 Å². The maximum atomic E-state index is 11.0. The van der Waals surface area contributed by atoms with E-state index >= 15 is 0 Å². The molecule has 1 aromatic carbocycles. The zero-order chi connectivity index (χ0) is 14.0. The van der Waals surface area contributed by atoms with Gasteiger partial charge < -0.3 is 0 Å². The first-order valence-electron chi connectivity index (χ1n) is 5.40. The summed E-state index contributed by atoms with van der Waals surface area (Å²) in [5, 5.41) is 11.5. The minimum Gasteiger partial charge on any atom is -0.258 e. The van der Waals surface area contributed by atoms with Crippen LogP contribution in [-0.4, -0.2) is 14.9 Å². The Morgan fingerprint density at radius 1 is 1.21 bits per heavy atom. The van der Waals surface area contributed by atoms with Crippen molar-refractivity contribution in [3.8, 4) is 0 Å². The largest absolute Gasteiger partial charge is 0.284 e. The van der Waals surface area contributed by atoms with Gasteiger partial charge in [-0.05, 0) is 43.8 Å². The maximum absolute atomic E-state index is 11.0. The zero-order valence-corrected chi connectivity index (χ0v) is 12.7. The monoisotopic (exact) mass is 339 g/mol. The van der Waals surface area contributed by atoms with E-state index < -0.39 is 4.92 Å². The molecule has 0 unspecified atom stereocenters. The highest BCUT2D eigenvalue weighted by atomic mass is 79.9. The Morgan fingerprint density at radius 3 is 2.42 bits per heavy atom. The van der Waals surface area contributed by atoms with Crippen LogP contribution < -0.4 is 0 Å². The van der Waals surface area contributed by atoms with E-state index in [1.165, 1.54) is 17.8 Å². The van der Waals surface area contributed by atoms with E-state index in [0.717, 1.165) is 11.4 Å². The van der Waals surface area contributed by atoms with Gasteiger partial charge in [0.05, 0.1) is 9.82 Å². The molecule has 0 saturated carbocycles. The number of nitrogens with zero attached hydrogens (tertiary/aromatic N) is 3. The quantitative estimate of drug-likeness (QED) is 0.481. The van der Waals surface area contributed by atoms with Gasteiger partial charge in [-0.25, -0.2) is 9.97 Å². The number of aromatic nitrogens is 2. The molecule has 0 aliphatic rings. The van der Waals surface area contributed by atoms with E-state index in [0.29, 0.717) is 14.5 Å². The van der Waals surface area contributed by atoms with Crippen molar-refractivity contribution in [3.05, 3.63) is 50.2 Å². The number of hydrogen-bond acceptors (Lipinski definition) is 5. The summed E-state index contributed by atoms with van der Waals surface area (Å²) in [4.78, 5) is 19.7. The molecule has 1 aromatic heterocycles. The van der Waals surface area contributed by atoms with Gasteiger partial charge in [-0.15, -0.1) is 0 Å². The lowest BCUT2D eigenvalue weighted by Crippen LogP contribution is -1.95. The minimum atomic E-state index is -0.407. The summed E-state index contributed by atoms with van der Waals surface area (Å²) in [6, 6.07) is 6.79. The van der Waals surface area contributed by atoms with Gasteiger partial charge in [0.15, 0.2) is 5.16 Å². The molecule has 5 nitrogen and oxygen atoms in total. The zero-order valence-electron chi connectivity index (χ0n) is 10.3. The third-order valence-electron chi connectivity index (χ3n) is 2.28. The van der Waals surface area contributed by atoms with Crippen LogP contribution in [0.25, 0.3) is 0 Å². The smallest absolute Gasteiger partial charge is 0.258 e. The predicted octanol–water partition coefficient (Wildman–Crippen LogP) is 3.92. The van der Waals surface area contributed by atoms with Crippen molar-refractivity contribution < 1.29 is 4.92 Å². The molecule has 0 fully saturated rings. The molecule has 0 aliphatic heterocycles. The SMILES string of the molecule is Cc1cc(C)nc(Sc2ccc(Br)cc2[N+](=O)[O-])n1. The standard InChI is InChI=1S/C12H10BrN3O2S/c1-7-5-8(2)15-12(14-7)19-11-4-3-9(13)6-10(11)16(17)18/h3-6H,1-2H3. The molecule has 7 heteroatoms. The lowest BCUT2D eigenvalue weighted by molar-refractivity contribution is -0.387. The van der Waals surface area contributed by atoms with E-state index in [1.54, 1.807) is 12.1 Å². The van der Waals surface area contributed by atoms with Crippen LogP contribution in [0.15, 0.2) is 38.8 Å². The molecular formula is C12H10BrN3O2S. The van der Waals surface area contributed by atoms with Crippen LogP contribution in [0.2, 0.25) is 0 Å². The van der Waals surface area contributed by atoms with Crippen LogP contribution >= 0.6 is 27.7 Å². The third kappa shape index (κ3) is 3.51. The fourth-order valence-electron chi connectivity index (χ4n) is 1.56. The van der Waals surface area contributed by atoms with Crippen molar-refractivity contribution >= 4 is 33.4 Å². The molecule has 0 aliphatic carbocycles. The summed E-state index contributed by atoms with van der Waals surface area (Å²) >= 11 is 4.42. The van der Waals surface area contributed by atoms with Gasteiger partial charge in [0.2, 0.25) is 0 Å². The van der Waals surface area contributed by atoms with Crippen molar-refractivity contribution in [2.24, 2.45) is 0 Å². The Balaban J connectivity index is 2.40. The molecule has 0 amide bonds. The number of benzene rings is 1. The first-order valence-corrected chi connectivity index (χ1v) is 7.01. The number of aryl methyl sites for hydroxylation is 2. The molecule has 0 spiro atoms. The minimum absolute atomic E-state index is 0.0436. The summed E-state index contributed by atoms with van der Waals surface area (Å²) in [7, 11) is 0. The van der Waals surface area contributed by atoms with Crippen molar-refractivity contribution in [2.75, 3.05) is 0 Å². The number of rotatable bonds is 3. The number of halogens is 1. The van der Waals surface area contributed by atoms with Gasteiger partial charge >= 0.3 is 0 Å². The summed E-state index contributed by atoms with van der Waals surface area (Å²) in [5.41, 5.74) is 1.73. The normalized spacial score (nSPS) is 10.5. The molecule has 19 heavy (non-hydrogen) atoms. The fourth-order valence-corrected chi connectivity index (χ4v) is 2.86. The van der Waals surface area contributed by atoms with Gasteiger partial charge in [0.1, 0.15) is 0 Å². The van der Waals surface area contributed by atoms with Gasteiger partial charge in [-0.1, -0.05) is 15.9 Å². The average Bonchev–Trinajstić information content (AvgIpc) is 2.30. The fraction of sp³-hybridized carbons (Fsp3) is 0.167. The second-order valence-electron chi connectivity index (χ2n) is 3.90. The van der Waals surface area contributed by atoms with Gasteiger partial charge in [0.25, 0.3) is 5.69 Å². The molecule has 0 saturated heterocycles. The molecule has 2 aromatic rings. The second kappa shape index (κ2) is 5.66. The molecular weight excluding hydrogens is 330 g/mol. The third-order valence-corrected chi connectivity index (χ3v) is 3.70. The number of nitro benzene ring substituents is 1. The Bertz CT molecular complexity index is 629. The van der Waals surface area contributed by atoms with Gasteiger partial charge in [0, 0.05) is 21.9 Å². The molecule has 0 atom stereocenters. The first kappa shape index (κ1) is 14.0. The van der Waals surface area contributed by atoms with E-state index in [1.807, 2.05) is 19.9 Å². The Hall–Kier alpha value is -1.47. The molecule has 0 radical (unpaired) electrons. The lowest BCUT2D eigenvalue weighted by atomic mass is 10.3. The van der Waals surface area contributed by atoms with E-state index in [2.05, 4.69) is 25.9 Å². The molecule has 98 valence electrons. The van der Waals surface area contributed by atoms with Crippen molar-refractivity contribution in [1.82, 2.24) is 9.97 Å². The highest BCUT2D eigenvalue weighted by Gasteiger charge is 2.16. The van der Waals surface area contributed by atoms with Gasteiger partial charge in [-0.3, -0.25) is 10.1 Å². The van der Waals surface area contributed by atoms with Crippen LogP contribution in [0.1, 0.15) is 11.4 Å². The van der Waals surface area contributed by atoms with Crippen LogP contribution in [0.3, 0.4) is 0 Å². The van der Waals surface area contributed by atoms with Crippen LogP contribution in [-0.2, 0) is 0 Å². The maximum Gasteiger partial charge on any atom is 0.284 e. The van der Waals surface area contributed by atoms with Gasteiger partial charge in [-0.2, -0.15) is 0 Å². The Labute approximate surface area is 122 Å². The number of nitro groups is 1. The molecule has 1 heterocycles. The van der Waals surface area contributed by atoms with E-state index in [-0.39, 0.29) is 5.69 Å². The van der Waals surface area contributed by atoms with E-state index in [4.69, 9.17) is 0 Å². The summed E-state index contributed by atoms with van der Waals surface area (Å²) in [6.07, 6.45) is 0.